The number of carbonyl (C=O) groups is 2. The largest absolute Gasteiger partial charge is 0.490 e. The van der Waals surface area contributed by atoms with Gasteiger partial charge >= 0.3 is 12.1 Å². The Labute approximate surface area is 167 Å². The van der Waals surface area contributed by atoms with Crippen molar-refractivity contribution >= 4 is 11.9 Å². The lowest BCUT2D eigenvalue weighted by Gasteiger charge is -2.37. The molecule has 2 aliphatic heterocycles. The second-order valence-electron chi connectivity index (χ2n) is 7.42. The molecule has 5 nitrogen and oxygen atoms in total. The highest BCUT2D eigenvalue weighted by Gasteiger charge is 2.44. The molecule has 3 rings (SSSR count). The summed E-state index contributed by atoms with van der Waals surface area (Å²) in [6, 6.07) is 6.80. The highest BCUT2D eigenvalue weighted by Crippen LogP contribution is 2.39. The van der Waals surface area contributed by atoms with Gasteiger partial charge in [-0.1, -0.05) is 12.1 Å². The monoisotopic (exact) mass is 418 g/mol. The van der Waals surface area contributed by atoms with Crippen LogP contribution < -0.4 is 0 Å². The zero-order valence-corrected chi connectivity index (χ0v) is 16.3. The first-order chi connectivity index (χ1) is 13.6. The fourth-order valence-corrected chi connectivity index (χ4v) is 4.15. The minimum absolute atomic E-state index is 0.101. The number of likely N-dealkylation sites (tertiary alicyclic amines) is 2. The Hall–Kier alpha value is -2.16. The predicted octanol–water partition coefficient (Wildman–Crippen LogP) is 3.83. The third-order valence-corrected chi connectivity index (χ3v) is 5.57. The number of nitrogens with zero attached hydrogens (tertiary/aromatic N) is 2. The Bertz CT molecular complexity index is 709. The first-order valence-electron chi connectivity index (χ1n) is 9.65. The van der Waals surface area contributed by atoms with E-state index in [-0.39, 0.29) is 11.4 Å². The smallest absolute Gasteiger partial charge is 0.475 e. The average Bonchev–Trinajstić information content (AvgIpc) is 2.82. The molecule has 162 valence electrons. The molecule has 9 heteroatoms. The van der Waals surface area contributed by atoms with E-state index in [1.807, 2.05) is 12.1 Å². The molecule has 1 aromatic rings. The number of carboxylic acid groups (broad SMARTS) is 1. The van der Waals surface area contributed by atoms with Crippen molar-refractivity contribution < 1.29 is 32.3 Å². The molecule has 0 aliphatic carbocycles. The third kappa shape index (κ3) is 6.16. The van der Waals surface area contributed by atoms with E-state index >= 15 is 0 Å². The van der Waals surface area contributed by atoms with E-state index in [0.717, 1.165) is 57.4 Å². The van der Waals surface area contributed by atoms with Crippen molar-refractivity contribution in [2.24, 2.45) is 0 Å². The summed E-state index contributed by atoms with van der Waals surface area (Å²) in [7, 11) is 0. The van der Waals surface area contributed by atoms with Gasteiger partial charge in [-0.2, -0.15) is 13.2 Å². The Morgan fingerprint density at radius 3 is 2.31 bits per heavy atom. The van der Waals surface area contributed by atoms with Crippen molar-refractivity contribution in [2.45, 2.75) is 57.3 Å². The summed E-state index contributed by atoms with van der Waals surface area (Å²) in [5.41, 5.74) is 1.26. The summed E-state index contributed by atoms with van der Waals surface area (Å²) in [6.45, 7) is 5.87. The van der Waals surface area contributed by atoms with Crippen LogP contribution in [0.1, 0.15) is 44.6 Å². The summed E-state index contributed by atoms with van der Waals surface area (Å²) >= 11 is 0. The average molecular weight is 418 g/mol. The fourth-order valence-electron chi connectivity index (χ4n) is 4.15. The number of amides is 1. The van der Waals surface area contributed by atoms with Gasteiger partial charge in [0.1, 0.15) is 5.82 Å². The van der Waals surface area contributed by atoms with Crippen LogP contribution >= 0.6 is 0 Å². The van der Waals surface area contributed by atoms with E-state index in [1.165, 1.54) is 12.1 Å². The van der Waals surface area contributed by atoms with Gasteiger partial charge in [0, 0.05) is 31.6 Å². The summed E-state index contributed by atoms with van der Waals surface area (Å²) in [4.78, 5) is 25.5. The van der Waals surface area contributed by atoms with Crippen LogP contribution in [0, 0.1) is 5.82 Å². The number of benzene rings is 1. The van der Waals surface area contributed by atoms with Crippen LogP contribution in [-0.2, 0) is 16.1 Å². The summed E-state index contributed by atoms with van der Waals surface area (Å²) in [5.74, 6) is -2.61. The van der Waals surface area contributed by atoms with E-state index < -0.39 is 12.1 Å². The van der Waals surface area contributed by atoms with Gasteiger partial charge in [0.15, 0.2) is 0 Å². The van der Waals surface area contributed by atoms with Gasteiger partial charge in [0.2, 0.25) is 5.91 Å². The summed E-state index contributed by atoms with van der Waals surface area (Å²) in [5, 5.41) is 7.12. The molecule has 2 saturated heterocycles. The molecule has 1 amide bonds. The maximum absolute atomic E-state index is 13.0. The molecular weight excluding hydrogens is 392 g/mol. The zero-order valence-electron chi connectivity index (χ0n) is 16.3. The highest BCUT2D eigenvalue weighted by molar-refractivity contribution is 5.79. The van der Waals surface area contributed by atoms with E-state index in [2.05, 4.69) is 16.7 Å². The minimum atomic E-state index is -5.08. The molecule has 1 unspecified atom stereocenters. The lowest BCUT2D eigenvalue weighted by Crippen LogP contribution is -2.46. The molecule has 29 heavy (non-hydrogen) atoms. The van der Waals surface area contributed by atoms with Crippen LogP contribution in [-0.4, -0.2) is 58.1 Å². The quantitative estimate of drug-likeness (QED) is 0.758. The maximum atomic E-state index is 13.0. The van der Waals surface area contributed by atoms with Gasteiger partial charge in [-0.15, -0.1) is 0 Å². The Morgan fingerprint density at radius 2 is 1.76 bits per heavy atom. The van der Waals surface area contributed by atoms with Crippen LogP contribution in [0.15, 0.2) is 24.3 Å². The maximum Gasteiger partial charge on any atom is 0.490 e. The zero-order chi connectivity index (χ0) is 21.7. The first-order valence-corrected chi connectivity index (χ1v) is 9.65. The molecule has 1 N–H and O–H groups in total. The molecule has 1 aromatic carbocycles. The van der Waals surface area contributed by atoms with Gasteiger partial charge < -0.3 is 10.0 Å². The van der Waals surface area contributed by atoms with E-state index in [1.54, 1.807) is 0 Å². The number of carboxylic acids is 1. The van der Waals surface area contributed by atoms with Crippen LogP contribution in [0.2, 0.25) is 0 Å². The minimum Gasteiger partial charge on any atom is -0.475 e. The summed E-state index contributed by atoms with van der Waals surface area (Å²) < 4.78 is 44.7. The predicted molar refractivity (Wildman–Crippen MR) is 98.6 cm³/mol. The van der Waals surface area contributed by atoms with Crippen molar-refractivity contribution in [1.82, 2.24) is 9.80 Å². The number of carbonyl (C=O) groups excluding carboxylic acids is 1. The van der Waals surface area contributed by atoms with Crippen LogP contribution in [0.25, 0.3) is 0 Å². The summed E-state index contributed by atoms with van der Waals surface area (Å²) in [6.07, 6.45) is -0.0406. The number of aliphatic carboxylic acids is 1. The third-order valence-electron chi connectivity index (χ3n) is 5.57. The molecule has 0 bridgehead atoms. The molecule has 0 aromatic heterocycles. The number of rotatable bonds is 3. The van der Waals surface area contributed by atoms with Gasteiger partial charge in [0.25, 0.3) is 0 Å². The SMILES string of the molecule is CCN1C(=O)CCC12CCCN(Cc1ccc(F)cc1)CC2.O=C(O)C(F)(F)F. The lowest BCUT2D eigenvalue weighted by atomic mass is 9.88. The van der Waals surface area contributed by atoms with E-state index in [9.17, 15) is 22.4 Å². The van der Waals surface area contributed by atoms with Crippen molar-refractivity contribution in [3.05, 3.63) is 35.6 Å². The van der Waals surface area contributed by atoms with Gasteiger partial charge in [-0.05, 0) is 56.8 Å². The van der Waals surface area contributed by atoms with E-state index in [4.69, 9.17) is 9.90 Å². The standard InChI is InChI=1S/C18H25FN2O.C2HF3O2/c1-2-21-17(22)8-10-18(21)9-3-12-20(13-11-18)14-15-4-6-16(19)7-5-15;3-2(4,5)1(6)7/h4-7H,2-3,8-14H2,1H3;(H,6,7). The number of hydrogen-bond donors (Lipinski definition) is 1. The number of hydrogen-bond acceptors (Lipinski definition) is 3. The fraction of sp³-hybridized carbons (Fsp3) is 0.600. The van der Waals surface area contributed by atoms with Crippen LogP contribution in [0.3, 0.4) is 0 Å². The molecule has 2 heterocycles. The molecule has 2 aliphatic rings. The van der Waals surface area contributed by atoms with Crippen molar-refractivity contribution in [3.63, 3.8) is 0 Å². The van der Waals surface area contributed by atoms with Crippen molar-refractivity contribution in [2.75, 3.05) is 19.6 Å². The van der Waals surface area contributed by atoms with Crippen molar-refractivity contribution in [1.29, 1.82) is 0 Å². The van der Waals surface area contributed by atoms with E-state index in [0.29, 0.717) is 12.3 Å². The normalized spacial score (nSPS) is 22.9. The number of halogens is 4. The molecule has 1 atom stereocenters. The molecular formula is C20H26F4N2O3. The van der Waals surface area contributed by atoms with Crippen LogP contribution in [0.5, 0.6) is 0 Å². The first kappa shape index (κ1) is 23.1. The Kier molecular flexibility index (Phi) is 7.62. The molecule has 2 fully saturated rings. The Morgan fingerprint density at radius 1 is 1.14 bits per heavy atom. The van der Waals surface area contributed by atoms with Gasteiger partial charge in [-0.3, -0.25) is 9.69 Å². The Balaban J connectivity index is 0.000000370. The number of alkyl halides is 3. The second kappa shape index (κ2) is 9.56. The molecule has 0 saturated carbocycles. The van der Waals surface area contributed by atoms with Gasteiger partial charge in [-0.25, -0.2) is 9.18 Å². The topological polar surface area (TPSA) is 60.9 Å². The second-order valence-corrected chi connectivity index (χ2v) is 7.42. The van der Waals surface area contributed by atoms with Crippen LogP contribution in [0.4, 0.5) is 17.6 Å². The highest BCUT2D eigenvalue weighted by atomic mass is 19.4. The van der Waals surface area contributed by atoms with Crippen molar-refractivity contribution in [3.8, 4) is 0 Å². The lowest BCUT2D eigenvalue weighted by molar-refractivity contribution is -0.192. The molecule has 1 spiro atoms. The molecule has 0 radical (unpaired) electrons. The van der Waals surface area contributed by atoms with Gasteiger partial charge in [0.05, 0.1) is 0 Å².